The van der Waals surface area contributed by atoms with Crippen molar-refractivity contribution >= 4 is 43.9 Å². The number of fused-ring (bicyclic) bond motifs is 1. The summed E-state index contributed by atoms with van der Waals surface area (Å²) in [6, 6.07) is 3.43. The van der Waals surface area contributed by atoms with Gasteiger partial charge in [0.2, 0.25) is 0 Å². The summed E-state index contributed by atoms with van der Waals surface area (Å²) in [7, 11) is 0. The van der Waals surface area contributed by atoms with Crippen LogP contribution in [-0.2, 0) is 4.74 Å². The molecule has 6 heteroatoms. The monoisotopic (exact) mass is 269 g/mol. The summed E-state index contributed by atoms with van der Waals surface area (Å²) in [5, 5.41) is 0.865. The van der Waals surface area contributed by atoms with Crippen LogP contribution in [0.5, 0.6) is 0 Å². The SMILES string of the molecule is CC(C)OC(=O)c1cc2cc(C(N)=O)sc2s1. The van der Waals surface area contributed by atoms with Crippen LogP contribution in [-0.4, -0.2) is 18.0 Å². The molecule has 0 aliphatic carbocycles. The highest BCUT2D eigenvalue weighted by Crippen LogP contribution is 2.33. The highest BCUT2D eigenvalue weighted by molar-refractivity contribution is 7.39. The van der Waals surface area contributed by atoms with Gasteiger partial charge in [-0.15, -0.1) is 22.7 Å². The van der Waals surface area contributed by atoms with Crippen molar-refractivity contribution in [1.82, 2.24) is 0 Å². The van der Waals surface area contributed by atoms with Gasteiger partial charge in [0, 0.05) is 5.39 Å². The van der Waals surface area contributed by atoms with Crippen LogP contribution in [0.1, 0.15) is 33.2 Å². The number of ether oxygens (including phenoxy) is 1. The molecular weight excluding hydrogens is 258 g/mol. The molecule has 2 rings (SSSR count). The number of thiophene rings is 2. The molecule has 0 unspecified atom stereocenters. The summed E-state index contributed by atoms with van der Waals surface area (Å²) >= 11 is 2.62. The van der Waals surface area contributed by atoms with Gasteiger partial charge in [0.05, 0.1) is 15.0 Å². The highest BCUT2D eigenvalue weighted by Gasteiger charge is 2.16. The zero-order valence-corrected chi connectivity index (χ0v) is 11.0. The Hall–Kier alpha value is -1.40. The Morgan fingerprint density at radius 2 is 1.82 bits per heavy atom. The smallest absolute Gasteiger partial charge is 0.348 e. The van der Waals surface area contributed by atoms with Crippen LogP contribution in [0.15, 0.2) is 12.1 Å². The van der Waals surface area contributed by atoms with Gasteiger partial charge in [-0.05, 0) is 26.0 Å². The summed E-state index contributed by atoms with van der Waals surface area (Å²) in [5.41, 5.74) is 5.19. The van der Waals surface area contributed by atoms with E-state index in [9.17, 15) is 9.59 Å². The first-order valence-electron chi connectivity index (χ1n) is 5.01. The molecule has 0 spiro atoms. The summed E-state index contributed by atoms with van der Waals surface area (Å²) in [4.78, 5) is 23.7. The molecule has 4 nitrogen and oxygen atoms in total. The molecule has 2 aromatic heterocycles. The third kappa shape index (κ3) is 2.48. The Morgan fingerprint density at radius 3 is 2.35 bits per heavy atom. The number of esters is 1. The van der Waals surface area contributed by atoms with Crippen LogP contribution < -0.4 is 5.73 Å². The number of carbonyl (C=O) groups excluding carboxylic acids is 2. The molecule has 0 saturated carbocycles. The number of carbonyl (C=O) groups is 2. The predicted octanol–water partition coefficient (Wildman–Crippen LogP) is 2.63. The Labute approximate surface area is 106 Å². The van der Waals surface area contributed by atoms with Crippen LogP contribution >= 0.6 is 22.7 Å². The second-order valence-electron chi connectivity index (χ2n) is 3.78. The maximum Gasteiger partial charge on any atom is 0.348 e. The van der Waals surface area contributed by atoms with Crippen molar-refractivity contribution in [3.05, 3.63) is 21.9 Å². The summed E-state index contributed by atoms with van der Waals surface area (Å²) in [6.45, 7) is 3.61. The largest absolute Gasteiger partial charge is 0.459 e. The third-order valence-electron chi connectivity index (χ3n) is 2.00. The number of primary amides is 1. The molecule has 0 aliphatic rings. The number of hydrogen-bond acceptors (Lipinski definition) is 5. The molecule has 0 saturated heterocycles. The van der Waals surface area contributed by atoms with E-state index in [2.05, 4.69) is 0 Å². The number of amides is 1. The molecule has 0 fully saturated rings. The fourth-order valence-corrected chi connectivity index (χ4v) is 3.51. The molecule has 2 N–H and O–H groups in total. The van der Waals surface area contributed by atoms with E-state index in [-0.39, 0.29) is 12.1 Å². The van der Waals surface area contributed by atoms with Crippen LogP contribution in [0.3, 0.4) is 0 Å². The first kappa shape index (κ1) is 12.1. The molecule has 0 bridgehead atoms. The van der Waals surface area contributed by atoms with Crippen molar-refractivity contribution in [2.75, 3.05) is 0 Å². The van der Waals surface area contributed by atoms with E-state index >= 15 is 0 Å². The van der Waals surface area contributed by atoms with E-state index < -0.39 is 5.91 Å². The molecule has 0 radical (unpaired) electrons. The maximum absolute atomic E-state index is 11.6. The zero-order chi connectivity index (χ0) is 12.6. The Bertz CT molecular complexity index is 551. The quantitative estimate of drug-likeness (QED) is 0.871. The predicted molar refractivity (Wildman–Crippen MR) is 68.8 cm³/mol. The molecule has 0 aromatic carbocycles. The van der Waals surface area contributed by atoms with Gasteiger partial charge in [-0.25, -0.2) is 4.79 Å². The van der Waals surface area contributed by atoms with Crippen molar-refractivity contribution in [2.24, 2.45) is 5.73 Å². The average molecular weight is 269 g/mol. The molecular formula is C11H11NO3S2. The molecule has 90 valence electrons. The normalized spacial score (nSPS) is 11.0. The Kier molecular flexibility index (Phi) is 3.17. The van der Waals surface area contributed by atoms with E-state index in [1.54, 1.807) is 26.0 Å². The lowest BCUT2D eigenvalue weighted by Gasteiger charge is -2.05. The first-order valence-corrected chi connectivity index (χ1v) is 6.65. The van der Waals surface area contributed by atoms with Gasteiger partial charge in [-0.2, -0.15) is 0 Å². The lowest BCUT2D eigenvalue weighted by molar-refractivity contribution is 0.0384. The van der Waals surface area contributed by atoms with Gasteiger partial charge in [0.15, 0.2) is 0 Å². The molecule has 0 aliphatic heterocycles. The molecule has 0 atom stereocenters. The van der Waals surface area contributed by atoms with Crippen LogP contribution in [0.25, 0.3) is 9.40 Å². The summed E-state index contributed by atoms with van der Waals surface area (Å²) < 4.78 is 6.01. The highest BCUT2D eigenvalue weighted by atomic mass is 32.2. The number of hydrogen-bond donors (Lipinski definition) is 1. The zero-order valence-electron chi connectivity index (χ0n) is 9.35. The van der Waals surface area contributed by atoms with Gasteiger partial charge < -0.3 is 10.5 Å². The maximum atomic E-state index is 11.6. The van der Waals surface area contributed by atoms with Crippen LogP contribution in [0.2, 0.25) is 0 Å². The van der Waals surface area contributed by atoms with Crippen molar-refractivity contribution in [1.29, 1.82) is 0 Å². The fourth-order valence-electron chi connectivity index (χ4n) is 1.33. The summed E-state index contributed by atoms with van der Waals surface area (Å²) in [6.07, 6.45) is -0.135. The van der Waals surface area contributed by atoms with Crippen LogP contribution in [0.4, 0.5) is 0 Å². The molecule has 2 aromatic rings. The van der Waals surface area contributed by atoms with Gasteiger partial charge in [0.25, 0.3) is 5.91 Å². The van der Waals surface area contributed by atoms with Crippen molar-refractivity contribution < 1.29 is 14.3 Å². The van der Waals surface area contributed by atoms with Crippen molar-refractivity contribution in [3.63, 3.8) is 0 Å². The lowest BCUT2D eigenvalue weighted by atomic mass is 10.3. The second kappa shape index (κ2) is 4.46. The Balaban J connectivity index is 2.30. The van der Waals surface area contributed by atoms with Gasteiger partial charge in [-0.3, -0.25) is 4.79 Å². The minimum absolute atomic E-state index is 0.135. The van der Waals surface area contributed by atoms with E-state index in [1.165, 1.54) is 22.7 Å². The standard InChI is InChI=1S/C11H11NO3S2/c1-5(2)15-10(14)8-4-6-3-7(9(12)13)16-11(6)17-8/h3-5H,1-2H3,(H2,12,13). The minimum atomic E-state index is -0.440. The van der Waals surface area contributed by atoms with E-state index in [4.69, 9.17) is 10.5 Å². The van der Waals surface area contributed by atoms with Gasteiger partial charge >= 0.3 is 5.97 Å². The number of rotatable bonds is 3. The van der Waals surface area contributed by atoms with Gasteiger partial charge in [-0.1, -0.05) is 0 Å². The van der Waals surface area contributed by atoms with Crippen molar-refractivity contribution in [2.45, 2.75) is 20.0 Å². The van der Waals surface area contributed by atoms with E-state index in [0.717, 1.165) is 9.40 Å². The minimum Gasteiger partial charge on any atom is -0.459 e. The van der Waals surface area contributed by atoms with Crippen LogP contribution in [0, 0.1) is 0 Å². The fraction of sp³-hybridized carbons (Fsp3) is 0.273. The average Bonchev–Trinajstić information content (AvgIpc) is 2.71. The molecule has 17 heavy (non-hydrogen) atoms. The third-order valence-corrected chi connectivity index (χ3v) is 4.39. The van der Waals surface area contributed by atoms with E-state index in [0.29, 0.717) is 9.75 Å². The molecule has 1 amide bonds. The molecule has 2 heterocycles. The Morgan fingerprint density at radius 1 is 1.24 bits per heavy atom. The second-order valence-corrected chi connectivity index (χ2v) is 6.15. The lowest BCUT2D eigenvalue weighted by Crippen LogP contribution is -2.10. The van der Waals surface area contributed by atoms with Crippen molar-refractivity contribution in [3.8, 4) is 0 Å². The topological polar surface area (TPSA) is 69.4 Å². The summed E-state index contributed by atoms with van der Waals surface area (Å²) in [5.74, 6) is -0.765. The first-order chi connectivity index (χ1) is 7.97. The number of nitrogens with two attached hydrogens (primary N) is 1. The van der Waals surface area contributed by atoms with E-state index in [1.807, 2.05) is 0 Å². The van der Waals surface area contributed by atoms with Gasteiger partial charge in [0.1, 0.15) is 4.88 Å².